The number of sulfone groups is 1. The quantitative estimate of drug-likeness (QED) is 0.744. The van der Waals surface area contributed by atoms with Crippen LogP contribution in [0.25, 0.3) is 0 Å². The van der Waals surface area contributed by atoms with E-state index in [4.69, 9.17) is 4.74 Å². The molecule has 5 heteroatoms. The molecule has 1 atom stereocenters. The lowest BCUT2D eigenvalue weighted by molar-refractivity contribution is 0.227. The molecule has 1 saturated heterocycles. The van der Waals surface area contributed by atoms with Crippen LogP contribution in [0.2, 0.25) is 0 Å². The van der Waals surface area contributed by atoms with E-state index in [0.29, 0.717) is 18.1 Å². The topological polar surface area (TPSA) is 46.6 Å². The number of rotatable bonds is 6. The Morgan fingerprint density at radius 3 is 2.68 bits per heavy atom. The minimum absolute atomic E-state index is 0.182. The number of hydrogen-bond acceptors (Lipinski definition) is 4. The molecule has 1 heterocycles. The molecule has 0 radical (unpaired) electrons. The van der Waals surface area contributed by atoms with E-state index in [1.807, 2.05) is 37.4 Å². The Morgan fingerprint density at radius 1 is 1.32 bits per heavy atom. The highest BCUT2D eigenvalue weighted by atomic mass is 32.2. The fourth-order valence-corrected chi connectivity index (χ4v) is 4.13. The average Bonchev–Trinajstić information content (AvgIpc) is 2.76. The number of para-hydroxylation sites is 1. The summed E-state index contributed by atoms with van der Waals surface area (Å²) < 4.78 is 28.4. The molecule has 106 valence electrons. The largest absolute Gasteiger partial charge is 0.494 e. The molecule has 1 unspecified atom stereocenters. The molecule has 0 N–H and O–H groups in total. The van der Waals surface area contributed by atoms with Crippen LogP contribution in [0.4, 0.5) is 0 Å². The van der Waals surface area contributed by atoms with Gasteiger partial charge in [-0.25, -0.2) is 8.42 Å². The zero-order chi connectivity index (χ0) is 13.7. The summed E-state index contributed by atoms with van der Waals surface area (Å²) in [6.45, 7) is 1.53. The molecule has 4 nitrogen and oxygen atoms in total. The Hall–Kier alpha value is -1.07. The number of ether oxygens (including phenoxy) is 1. The van der Waals surface area contributed by atoms with E-state index in [1.54, 1.807) is 0 Å². The van der Waals surface area contributed by atoms with Crippen molar-refractivity contribution < 1.29 is 13.2 Å². The molecule has 0 bridgehead atoms. The molecule has 1 fully saturated rings. The second-order valence-corrected chi connectivity index (χ2v) is 7.28. The first-order chi connectivity index (χ1) is 9.07. The van der Waals surface area contributed by atoms with Crippen molar-refractivity contribution in [3.63, 3.8) is 0 Å². The lowest BCUT2D eigenvalue weighted by Gasteiger charge is -2.22. The van der Waals surface area contributed by atoms with Crippen molar-refractivity contribution in [2.24, 2.45) is 0 Å². The van der Waals surface area contributed by atoms with Crippen LogP contribution >= 0.6 is 0 Å². The zero-order valence-electron chi connectivity index (χ0n) is 11.3. The molecule has 1 aliphatic heterocycles. The van der Waals surface area contributed by atoms with Gasteiger partial charge in [0.1, 0.15) is 5.75 Å². The van der Waals surface area contributed by atoms with Gasteiger partial charge in [-0.2, -0.15) is 0 Å². The third-order valence-corrected chi connectivity index (χ3v) is 5.25. The van der Waals surface area contributed by atoms with E-state index < -0.39 is 9.84 Å². The Labute approximate surface area is 115 Å². The van der Waals surface area contributed by atoms with Crippen LogP contribution in [0, 0.1) is 0 Å². The predicted molar refractivity (Wildman–Crippen MR) is 76.2 cm³/mol. The van der Waals surface area contributed by atoms with Crippen LogP contribution < -0.4 is 4.74 Å². The Morgan fingerprint density at radius 2 is 2.05 bits per heavy atom. The Kier molecular flexibility index (Phi) is 4.82. The maximum Gasteiger partial charge on any atom is 0.151 e. The van der Waals surface area contributed by atoms with Gasteiger partial charge < -0.3 is 9.64 Å². The lowest BCUT2D eigenvalue weighted by atomic mass is 10.2. The molecule has 0 saturated carbocycles. The molecule has 0 spiro atoms. The van der Waals surface area contributed by atoms with Gasteiger partial charge in [-0.3, -0.25) is 0 Å². The molecule has 2 rings (SSSR count). The van der Waals surface area contributed by atoms with Crippen molar-refractivity contribution in [2.45, 2.75) is 18.9 Å². The Balaban J connectivity index is 1.66. The molecule has 1 aromatic carbocycles. The summed E-state index contributed by atoms with van der Waals surface area (Å²) in [4.78, 5) is 2.14. The van der Waals surface area contributed by atoms with Crippen LogP contribution in [0.3, 0.4) is 0 Å². The van der Waals surface area contributed by atoms with Gasteiger partial charge in [0.05, 0.1) is 18.1 Å². The third kappa shape index (κ3) is 4.51. The summed E-state index contributed by atoms with van der Waals surface area (Å²) >= 11 is 0. The standard InChI is InChI=1S/C14H21NO3S/c1-15(13-8-11-19(16,17)12-13)9-5-10-18-14-6-3-2-4-7-14/h2-4,6-7,13H,5,8-12H2,1H3. The molecule has 1 aliphatic rings. The first kappa shape index (κ1) is 14.3. The molecular formula is C14H21NO3S. The molecular weight excluding hydrogens is 262 g/mol. The van der Waals surface area contributed by atoms with Gasteiger partial charge in [-0.15, -0.1) is 0 Å². The van der Waals surface area contributed by atoms with E-state index in [0.717, 1.165) is 25.1 Å². The third-order valence-electron chi connectivity index (χ3n) is 3.50. The van der Waals surface area contributed by atoms with Crippen LogP contribution in [0.5, 0.6) is 5.75 Å². The molecule has 1 aromatic rings. The highest BCUT2D eigenvalue weighted by molar-refractivity contribution is 7.91. The van der Waals surface area contributed by atoms with Crippen molar-refractivity contribution in [1.82, 2.24) is 4.90 Å². The summed E-state index contributed by atoms with van der Waals surface area (Å²) in [6, 6.07) is 9.92. The SMILES string of the molecule is CN(CCCOc1ccccc1)C1CCS(=O)(=O)C1. The molecule has 0 amide bonds. The van der Waals surface area contributed by atoms with E-state index in [-0.39, 0.29) is 6.04 Å². The average molecular weight is 283 g/mol. The van der Waals surface area contributed by atoms with Gasteiger partial charge in [-0.05, 0) is 32.0 Å². The summed E-state index contributed by atoms with van der Waals surface area (Å²) in [5.74, 6) is 1.53. The first-order valence-corrected chi connectivity index (χ1v) is 8.47. The number of benzene rings is 1. The Bertz CT molecular complexity index is 487. The first-order valence-electron chi connectivity index (χ1n) is 6.65. The molecule has 19 heavy (non-hydrogen) atoms. The highest BCUT2D eigenvalue weighted by Crippen LogP contribution is 2.16. The zero-order valence-corrected chi connectivity index (χ0v) is 12.1. The van der Waals surface area contributed by atoms with Gasteiger partial charge in [0.2, 0.25) is 0 Å². The second kappa shape index (κ2) is 6.39. The smallest absolute Gasteiger partial charge is 0.151 e. The second-order valence-electron chi connectivity index (χ2n) is 5.05. The fraction of sp³-hybridized carbons (Fsp3) is 0.571. The van der Waals surface area contributed by atoms with Crippen molar-refractivity contribution >= 4 is 9.84 Å². The van der Waals surface area contributed by atoms with Gasteiger partial charge >= 0.3 is 0 Å². The van der Waals surface area contributed by atoms with Gasteiger partial charge in [0.15, 0.2) is 9.84 Å². The van der Waals surface area contributed by atoms with Crippen molar-refractivity contribution in [2.75, 3.05) is 31.7 Å². The molecule has 0 aromatic heterocycles. The highest BCUT2D eigenvalue weighted by Gasteiger charge is 2.30. The van der Waals surface area contributed by atoms with Gasteiger partial charge in [0, 0.05) is 12.6 Å². The maximum atomic E-state index is 11.4. The maximum absolute atomic E-state index is 11.4. The van der Waals surface area contributed by atoms with Crippen LogP contribution in [-0.2, 0) is 9.84 Å². The van der Waals surface area contributed by atoms with E-state index in [9.17, 15) is 8.42 Å². The summed E-state index contributed by atoms with van der Waals surface area (Å²) in [7, 11) is -0.793. The minimum atomic E-state index is -2.79. The van der Waals surface area contributed by atoms with Crippen LogP contribution in [-0.4, -0.2) is 51.1 Å². The van der Waals surface area contributed by atoms with Crippen LogP contribution in [0.1, 0.15) is 12.8 Å². The number of hydrogen-bond donors (Lipinski definition) is 0. The normalized spacial score (nSPS) is 21.7. The fourth-order valence-electron chi connectivity index (χ4n) is 2.33. The summed E-state index contributed by atoms with van der Waals surface area (Å²) in [6.07, 6.45) is 1.67. The van der Waals surface area contributed by atoms with Gasteiger partial charge in [-0.1, -0.05) is 18.2 Å². The van der Waals surface area contributed by atoms with Crippen molar-refractivity contribution in [3.8, 4) is 5.75 Å². The minimum Gasteiger partial charge on any atom is -0.494 e. The van der Waals surface area contributed by atoms with Crippen molar-refractivity contribution in [1.29, 1.82) is 0 Å². The van der Waals surface area contributed by atoms with E-state index in [2.05, 4.69) is 4.90 Å². The number of nitrogens with zero attached hydrogens (tertiary/aromatic N) is 1. The summed E-state index contributed by atoms with van der Waals surface area (Å²) in [5.41, 5.74) is 0. The van der Waals surface area contributed by atoms with Gasteiger partial charge in [0.25, 0.3) is 0 Å². The monoisotopic (exact) mass is 283 g/mol. The predicted octanol–water partition coefficient (Wildman–Crippen LogP) is 1.57. The summed E-state index contributed by atoms with van der Waals surface area (Å²) in [5, 5.41) is 0. The molecule has 0 aliphatic carbocycles. The van der Waals surface area contributed by atoms with E-state index in [1.165, 1.54) is 0 Å². The lowest BCUT2D eigenvalue weighted by Crippen LogP contribution is -2.34. The van der Waals surface area contributed by atoms with Crippen LogP contribution in [0.15, 0.2) is 30.3 Å². The van der Waals surface area contributed by atoms with E-state index >= 15 is 0 Å². The van der Waals surface area contributed by atoms with Crippen molar-refractivity contribution in [3.05, 3.63) is 30.3 Å².